The largest absolute Gasteiger partial charge is 0.490 e. The first-order valence-electron chi connectivity index (χ1n) is 7.63. The van der Waals surface area contributed by atoms with Crippen LogP contribution in [0.1, 0.15) is 55.8 Å². The topological polar surface area (TPSA) is 52.3 Å². The van der Waals surface area contributed by atoms with Crippen LogP contribution in [0.2, 0.25) is 0 Å². The SMILES string of the molecule is CCCC/C=C\CCCCOc1ccc(F)c(C(N)=O)c1F. The summed E-state index contributed by atoms with van der Waals surface area (Å²) in [4.78, 5) is 11.0. The van der Waals surface area contributed by atoms with E-state index in [1.54, 1.807) is 0 Å². The summed E-state index contributed by atoms with van der Waals surface area (Å²) in [7, 11) is 0. The van der Waals surface area contributed by atoms with Gasteiger partial charge in [-0.05, 0) is 37.8 Å². The van der Waals surface area contributed by atoms with Crippen LogP contribution in [0.25, 0.3) is 0 Å². The smallest absolute Gasteiger partial charge is 0.254 e. The first-order valence-corrected chi connectivity index (χ1v) is 7.63. The summed E-state index contributed by atoms with van der Waals surface area (Å²) in [5.41, 5.74) is 4.19. The molecule has 22 heavy (non-hydrogen) atoms. The number of nitrogens with two attached hydrogens (primary N) is 1. The molecule has 0 bridgehead atoms. The van der Waals surface area contributed by atoms with Crippen molar-refractivity contribution in [3.8, 4) is 5.75 Å². The minimum absolute atomic E-state index is 0.145. The first-order chi connectivity index (χ1) is 10.6. The number of ether oxygens (including phenoxy) is 1. The number of hydrogen-bond donors (Lipinski definition) is 1. The van der Waals surface area contributed by atoms with Gasteiger partial charge in [-0.15, -0.1) is 0 Å². The fourth-order valence-electron chi connectivity index (χ4n) is 1.97. The van der Waals surface area contributed by atoms with Gasteiger partial charge in [0, 0.05) is 0 Å². The van der Waals surface area contributed by atoms with Crippen LogP contribution in [0.5, 0.6) is 5.75 Å². The van der Waals surface area contributed by atoms with Gasteiger partial charge in [0.1, 0.15) is 11.4 Å². The maximum absolute atomic E-state index is 13.9. The molecule has 1 rings (SSSR count). The third-order valence-corrected chi connectivity index (χ3v) is 3.22. The van der Waals surface area contributed by atoms with Crippen LogP contribution >= 0.6 is 0 Å². The highest BCUT2D eigenvalue weighted by Crippen LogP contribution is 2.23. The highest BCUT2D eigenvalue weighted by Gasteiger charge is 2.18. The summed E-state index contributed by atoms with van der Waals surface area (Å²) in [5, 5.41) is 0. The Kier molecular flexibility index (Phi) is 8.18. The van der Waals surface area contributed by atoms with E-state index in [0.717, 1.165) is 31.7 Å². The molecule has 5 heteroatoms. The minimum Gasteiger partial charge on any atom is -0.490 e. The highest BCUT2D eigenvalue weighted by atomic mass is 19.1. The number of halogens is 2. The predicted molar refractivity (Wildman–Crippen MR) is 82.9 cm³/mol. The highest BCUT2D eigenvalue weighted by molar-refractivity contribution is 5.93. The maximum Gasteiger partial charge on any atom is 0.254 e. The average molecular weight is 311 g/mol. The van der Waals surface area contributed by atoms with E-state index >= 15 is 0 Å². The van der Waals surface area contributed by atoms with Gasteiger partial charge in [-0.25, -0.2) is 8.78 Å². The summed E-state index contributed by atoms with van der Waals surface area (Å²) in [6, 6.07) is 2.15. The zero-order valence-electron chi connectivity index (χ0n) is 12.9. The number of carbonyl (C=O) groups excluding carboxylic acids is 1. The van der Waals surface area contributed by atoms with Crippen molar-refractivity contribution in [2.24, 2.45) is 5.73 Å². The number of primary amides is 1. The third kappa shape index (κ3) is 5.84. The van der Waals surface area contributed by atoms with Crippen LogP contribution in [0.4, 0.5) is 8.78 Å². The molecule has 0 aliphatic rings. The van der Waals surface area contributed by atoms with Crippen molar-refractivity contribution in [3.05, 3.63) is 41.5 Å². The van der Waals surface area contributed by atoms with E-state index in [0.29, 0.717) is 6.61 Å². The first kappa shape index (κ1) is 18.1. The second kappa shape index (κ2) is 9.92. The molecule has 122 valence electrons. The zero-order valence-corrected chi connectivity index (χ0v) is 12.9. The molecule has 0 radical (unpaired) electrons. The zero-order chi connectivity index (χ0) is 16.4. The normalized spacial score (nSPS) is 11.0. The second-order valence-corrected chi connectivity index (χ2v) is 5.06. The Morgan fingerprint density at radius 2 is 1.86 bits per heavy atom. The molecule has 0 saturated carbocycles. The molecule has 0 aromatic heterocycles. The van der Waals surface area contributed by atoms with E-state index < -0.39 is 23.1 Å². The molecule has 0 heterocycles. The second-order valence-electron chi connectivity index (χ2n) is 5.06. The summed E-state index contributed by atoms with van der Waals surface area (Å²) < 4.78 is 32.4. The summed E-state index contributed by atoms with van der Waals surface area (Å²) in [5.74, 6) is -3.30. The Morgan fingerprint density at radius 3 is 2.50 bits per heavy atom. The van der Waals surface area contributed by atoms with Crippen LogP contribution in [0.15, 0.2) is 24.3 Å². The van der Waals surface area contributed by atoms with E-state index in [9.17, 15) is 13.6 Å². The van der Waals surface area contributed by atoms with Gasteiger partial charge in [-0.3, -0.25) is 4.79 Å². The van der Waals surface area contributed by atoms with E-state index in [1.165, 1.54) is 18.9 Å². The number of rotatable bonds is 10. The summed E-state index contributed by atoms with van der Waals surface area (Å²) in [6.07, 6.45) is 10.4. The Bertz CT molecular complexity index is 516. The van der Waals surface area contributed by atoms with Gasteiger partial charge < -0.3 is 10.5 Å². The molecule has 0 spiro atoms. The molecular formula is C17H23F2NO2. The third-order valence-electron chi connectivity index (χ3n) is 3.22. The molecule has 0 fully saturated rings. The fourth-order valence-corrected chi connectivity index (χ4v) is 1.97. The van der Waals surface area contributed by atoms with Crippen LogP contribution in [-0.4, -0.2) is 12.5 Å². The molecule has 0 unspecified atom stereocenters. The van der Waals surface area contributed by atoms with E-state index in [1.807, 2.05) is 0 Å². The van der Waals surface area contributed by atoms with Gasteiger partial charge in [-0.1, -0.05) is 31.9 Å². The average Bonchev–Trinajstić information content (AvgIpc) is 2.47. The van der Waals surface area contributed by atoms with Gasteiger partial charge in [0.15, 0.2) is 11.6 Å². The standard InChI is InChI=1S/C17H23F2NO2/c1-2-3-4-5-6-7-8-9-12-22-14-11-10-13(18)15(16(14)19)17(20)21/h5-6,10-11H,2-4,7-9,12H2,1H3,(H2,20,21)/b6-5-. The number of carbonyl (C=O) groups is 1. The van der Waals surface area contributed by atoms with Crippen molar-refractivity contribution < 1.29 is 18.3 Å². The number of benzene rings is 1. The van der Waals surface area contributed by atoms with Crippen LogP contribution < -0.4 is 10.5 Å². The summed E-state index contributed by atoms with van der Waals surface area (Å²) in [6.45, 7) is 2.47. The quantitative estimate of drug-likeness (QED) is 0.515. The van der Waals surface area contributed by atoms with E-state index in [4.69, 9.17) is 10.5 Å². The lowest BCUT2D eigenvalue weighted by molar-refractivity contribution is 0.0991. The van der Waals surface area contributed by atoms with E-state index in [2.05, 4.69) is 19.1 Å². The molecule has 0 aliphatic heterocycles. The number of unbranched alkanes of at least 4 members (excludes halogenated alkanes) is 4. The van der Waals surface area contributed by atoms with Gasteiger partial charge in [-0.2, -0.15) is 0 Å². The van der Waals surface area contributed by atoms with E-state index in [-0.39, 0.29) is 5.75 Å². The van der Waals surface area contributed by atoms with Crippen molar-refractivity contribution in [2.75, 3.05) is 6.61 Å². The van der Waals surface area contributed by atoms with Crippen molar-refractivity contribution in [1.82, 2.24) is 0 Å². The fraction of sp³-hybridized carbons (Fsp3) is 0.471. The molecular weight excluding hydrogens is 288 g/mol. The summed E-state index contributed by atoms with van der Waals surface area (Å²) >= 11 is 0. The molecule has 1 aromatic rings. The molecule has 2 N–H and O–H groups in total. The lowest BCUT2D eigenvalue weighted by Crippen LogP contribution is -2.16. The number of allylic oxidation sites excluding steroid dienone is 2. The monoisotopic (exact) mass is 311 g/mol. The number of hydrogen-bond acceptors (Lipinski definition) is 2. The van der Waals surface area contributed by atoms with Gasteiger partial charge in [0.25, 0.3) is 5.91 Å². The van der Waals surface area contributed by atoms with Gasteiger partial charge in [0.05, 0.1) is 6.61 Å². The molecule has 0 aliphatic carbocycles. The van der Waals surface area contributed by atoms with Crippen LogP contribution in [-0.2, 0) is 0 Å². The predicted octanol–water partition coefficient (Wildman–Crippen LogP) is 4.36. The van der Waals surface area contributed by atoms with Crippen LogP contribution in [0, 0.1) is 11.6 Å². The molecule has 1 aromatic carbocycles. The van der Waals surface area contributed by atoms with Crippen molar-refractivity contribution >= 4 is 5.91 Å². The Labute approximate surface area is 130 Å². The lowest BCUT2D eigenvalue weighted by Gasteiger charge is -2.09. The Balaban J connectivity index is 2.35. The van der Waals surface area contributed by atoms with Gasteiger partial charge in [0.2, 0.25) is 0 Å². The van der Waals surface area contributed by atoms with Crippen molar-refractivity contribution in [2.45, 2.75) is 45.4 Å². The van der Waals surface area contributed by atoms with Gasteiger partial charge >= 0.3 is 0 Å². The lowest BCUT2D eigenvalue weighted by atomic mass is 10.1. The van der Waals surface area contributed by atoms with Crippen LogP contribution in [0.3, 0.4) is 0 Å². The molecule has 0 atom stereocenters. The van der Waals surface area contributed by atoms with Crippen molar-refractivity contribution in [3.63, 3.8) is 0 Å². The number of amides is 1. The Hall–Kier alpha value is -1.91. The maximum atomic E-state index is 13.9. The Morgan fingerprint density at radius 1 is 1.18 bits per heavy atom. The molecule has 1 amide bonds. The minimum atomic E-state index is -1.14. The van der Waals surface area contributed by atoms with Crippen molar-refractivity contribution in [1.29, 1.82) is 0 Å². The molecule has 3 nitrogen and oxygen atoms in total. The molecule has 0 saturated heterocycles.